The second-order valence-electron chi connectivity index (χ2n) is 5.08. The van der Waals surface area contributed by atoms with Crippen molar-refractivity contribution in [2.24, 2.45) is 5.92 Å². The lowest BCUT2D eigenvalue weighted by molar-refractivity contribution is -0.123. The normalized spacial score (nSPS) is 21.7. The molecule has 1 aliphatic carbocycles. The van der Waals surface area contributed by atoms with Gasteiger partial charge in [0.1, 0.15) is 11.1 Å². The van der Waals surface area contributed by atoms with Crippen LogP contribution in [-0.4, -0.2) is 19.1 Å². The molecular weight excluding hydrogens is 260 g/mol. The monoisotopic (exact) mass is 276 g/mol. The number of rotatable bonds is 2. The molecule has 100 valence electrons. The van der Waals surface area contributed by atoms with Crippen LogP contribution in [0.1, 0.15) is 35.3 Å². The lowest BCUT2D eigenvalue weighted by Gasteiger charge is -2.20. The van der Waals surface area contributed by atoms with Gasteiger partial charge in [-0.05, 0) is 37.7 Å². The van der Waals surface area contributed by atoms with Crippen LogP contribution in [-0.2, 0) is 22.4 Å². The van der Waals surface area contributed by atoms with Gasteiger partial charge in [0.15, 0.2) is 0 Å². The quantitative estimate of drug-likeness (QED) is 0.902. The van der Waals surface area contributed by atoms with E-state index in [1.807, 2.05) is 0 Å². The summed E-state index contributed by atoms with van der Waals surface area (Å²) in [5, 5.41) is 13.0. The third-order valence-electron chi connectivity index (χ3n) is 3.80. The summed E-state index contributed by atoms with van der Waals surface area (Å²) < 4.78 is 5.34. The Balaban J connectivity index is 1.76. The van der Waals surface area contributed by atoms with E-state index >= 15 is 0 Å². The maximum absolute atomic E-state index is 12.2. The summed E-state index contributed by atoms with van der Waals surface area (Å²) in [6, 6.07) is 2.25. The molecule has 19 heavy (non-hydrogen) atoms. The first-order chi connectivity index (χ1) is 9.29. The number of hydrogen-bond acceptors (Lipinski definition) is 4. The van der Waals surface area contributed by atoms with Crippen LogP contribution in [0.2, 0.25) is 0 Å². The van der Waals surface area contributed by atoms with Crippen molar-refractivity contribution in [1.29, 1.82) is 5.26 Å². The van der Waals surface area contributed by atoms with E-state index in [1.165, 1.54) is 4.88 Å². The van der Waals surface area contributed by atoms with Crippen LogP contribution in [0.25, 0.3) is 0 Å². The number of thiophene rings is 1. The Bertz CT molecular complexity index is 538. The van der Waals surface area contributed by atoms with Gasteiger partial charge in [0.25, 0.3) is 0 Å². The summed E-state index contributed by atoms with van der Waals surface area (Å²) in [4.78, 5) is 13.4. The summed E-state index contributed by atoms with van der Waals surface area (Å²) in [7, 11) is 0. The zero-order valence-corrected chi connectivity index (χ0v) is 11.5. The van der Waals surface area contributed by atoms with Gasteiger partial charge in [-0.1, -0.05) is 0 Å². The maximum atomic E-state index is 12.2. The van der Waals surface area contributed by atoms with E-state index in [0.717, 1.165) is 49.3 Å². The number of hydrogen-bond donors (Lipinski definition) is 1. The zero-order chi connectivity index (χ0) is 13.2. The minimum atomic E-state index is -0.0720. The predicted octanol–water partition coefficient (Wildman–Crippen LogP) is 2.47. The van der Waals surface area contributed by atoms with Crippen molar-refractivity contribution < 1.29 is 9.53 Å². The van der Waals surface area contributed by atoms with E-state index in [9.17, 15) is 10.1 Å². The van der Waals surface area contributed by atoms with Gasteiger partial charge in [0.05, 0.1) is 18.1 Å². The van der Waals surface area contributed by atoms with Crippen molar-refractivity contribution in [2.45, 2.75) is 32.1 Å². The van der Waals surface area contributed by atoms with Gasteiger partial charge in [-0.15, -0.1) is 11.3 Å². The molecule has 2 heterocycles. The molecule has 1 saturated heterocycles. The van der Waals surface area contributed by atoms with E-state index in [2.05, 4.69) is 11.4 Å². The molecule has 1 aromatic heterocycles. The second-order valence-corrected chi connectivity index (χ2v) is 6.18. The van der Waals surface area contributed by atoms with Crippen LogP contribution >= 0.6 is 11.3 Å². The molecule has 1 N–H and O–H groups in total. The van der Waals surface area contributed by atoms with Crippen LogP contribution in [0.5, 0.6) is 0 Å². The van der Waals surface area contributed by atoms with Gasteiger partial charge in [-0.25, -0.2) is 0 Å². The van der Waals surface area contributed by atoms with Gasteiger partial charge in [-0.3, -0.25) is 4.79 Å². The van der Waals surface area contributed by atoms with E-state index in [-0.39, 0.29) is 11.8 Å². The van der Waals surface area contributed by atoms with Gasteiger partial charge in [-0.2, -0.15) is 5.26 Å². The highest BCUT2D eigenvalue weighted by molar-refractivity contribution is 7.16. The van der Waals surface area contributed by atoms with Gasteiger partial charge in [0, 0.05) is 11.5 Å². The van der Waals surface area contributed by atoms with Crippen molar-refractivity contribution >= 4 is 22.2 Å². The van der Waals surface area contributed by atoms with Gasteiger partial charge in [0.2, 0.25) is 5.91 Å². The highest BCUT2D eigenvalue weighted by Gasteiger charge is 2.26. The Kier molecular flexibility index (Phi) is 3.54. The molecule has 1 fully saturated rings. The molecule has 4 nitrogen and oxygen atoms in total. The van der Waals surface area contributed by atoms with Gasteiger partial charge >= 0.3 is 0 Å². The summed E-state index contributed by atoms with van der Waals surface area (Å²) in [6.45, 7) is 1.25. The van der Waals surface area contributed by atoms with E-state index < -0.39 is 0 Å². The molecule has 1 aromatic rings. The Morgan fingerprint density at radius 1 is 1.42 bits per heavy atom. The average Bonchev–Trinajstić information content (AvgIpc) is 3.00. The average molecular weight is 276 g/mol. The minimum absolute atomic E-state index is 0.00359. The fourth-order valence-electron chi connectivity index (χ4n) is 2.77. The van der Waals surface area contributed by atoms with E-state index in [0.29, 0.717) is 12.2 Å². The standard InChI is InChI=1S/C14H16N2O2S/c15-7-11-10-4-1-5-12(10)19-14(11)16-13(17)9-3-2-6-18-8-9/h9H,1-6,8H2,(H,16,17). The molecule has 1 amide bonds. The Morgan fingerprint density at radius 2 is 2.32 bits per heavy atom. The van der Waals surface area contributed by atoms with Crippen molar-refractivity contribution in [3.05, 3.63) is 16.0 Å². The highest BCUT2D eigenvalue weighted by Crippen LogP contribution is 2.38. The fourth-order valence-corrected chi connectivity index (χ4v) is 4.01. The molecule has 2 aliphatic rings. The smallest absolute Gasteiger partial charge is 0.230 e. The predicted molar refractivity (Wildman–Crippen MR) is 73.2 cm³/mol. The van der Waals surface area contributed by atoms with E-state index in [4.69, 9.17) is 4.74 Å². The molecule has 5 heteroatoms. The minimum Gasteiger partial charge on any atom is -0.381 e. The van der Waals surface area contributed by atoms with Crippen LogP contribution in [0.15, 0.2) is 0 Å². The van der Waals surface area contributed by atoms with Crippen molar-refractivity contribution in [3.63, 3.8) is 0 Å². The highest BCUT2D eigenvalue weighted by atomic mass is 32.1. The first kappa shape index (κ1) is 12.6. The third kappa shape index (κ3) is 2.38. The largest absolute Gasteiger partial charge is 0.381 e. The van der Waals surface area contributed by atoms with Crippen LogP contribution < -0.4 is 5.32 Å². The van der Waals surface area contributed by atoms with E-state index in [1.54, 1.807) is 11.3 Å². The summed E-state index contributed by atoms with van der Waals surface area (Å²) in [6.07, 6.45) is 4.94. The van der Waals surface area contributed by atoms with Crippen molar-refractivity contribution in [2.75, 3.05) is 18.5 Å². The second kappa shape index (κ2) is 5.32. The zero-order valence-electron chi connectivity index (χ0n) is 10.7. The number of nitrogens with one attached hydrogen (secondary N) is 1. The maximum Gasteiger partial charge on any atom is 0.230 e. The number of aryl methyl sites for hydroxylation is 1. The number of anilines is 1. The molecule has 0 spiro atoms. The number of ether oxygens (including phenoxy) is 1. The molecule has 1 unspecified atom stereocenters. The molecular formula is C14H16N2O2S. The number of fused-ring (bicyclic) bond motifs is 1. The topological polar surface area (TPSA) is 62.1 Å². The first-order valence-corrected chi connectivity index (χ1v) is 7.54. The lowest BCUT2D eigenvalue weighted by atomic mass is 10.0. The molecule has 3 rings (SSSR count). The Morgan fingerprint density at radius 3 is 3.05 bits per heavy atom. The molecule has 0 aromatic carbocycles. The molecule has 1 atom stereocenters. The number of nitrogens with zero attached hydrogens (tertiary/aromatic N) is 1. The summed E-state index contributed by atoms with van der Waals surface area (Å²) >= 11 is 1.57. The number of carbonyl (C=O) groups excluding carboxylic acids is 1. The molecule has 1 aliphatic heterocycles. The van der Waals surface area contributed by atoms with Crippen LogP contribution in [0, 0.1) is 17.2 Å². The summed E-state index contributed by atoms with van der Waals surface area (Å²) in [5.74, 6) is -0.0756. The van der Waals surface area contributed by atoms with Crippen LogP contribution in [0.3, 0.4) is 0 Å². The van der Waals surface area contributed by atoms with Crippen LogP contribution in [0.4, 0.5) is 5.00 Å². The first-order valence-electron chi connectivity index (χ1n) is 6.73. The fraction of sp³-hybridized carbons (Fsp3) is 0.571. The molecule has 0 bridgehead atoms. The summed E-state index contributed by atoms with van der Waals surface area (Å²) in [5.41, 5.74) is 1.84. The third-order valence-corrected chi connectivity index (χ3v) is 5.01. The van der Waals surface area contributed by atoms with Crippen molar-refractivity contribution in [3.8, 4) is 6.07 Å². The van der Waals surface area contributed by atoms with Gasteiger partial charge < -0.3 is 10.1 Å². The Labute approximate surface area is 116 Å². The lowest BCUT2D eigenvalue weighted by Crippen LogP contribution is -2.30. The number of carbonyl (C=O) groups is 1. The number of amides is 1. The SMILES string of the molecule is N#Cc1c(NC(=O)C2CCCOC2)sc2c1CCC2. The van der Waals surface area contributed by atoms with Crippen molar-refractivity contribution in [1.82, 2.24) is 0 Å². The Hall–Kier alpha value is -1.38. The molecule has 0 radical (unpaired) electrons. The number of nitriles is 1. The molecule has 0 saturated carbocycles.